The molecule has 0 bridgehead atoms. The van der Waals surface area contributed by atoms with Crippen LogP contribution in [0.5, 0.6) is 0 Å². The lowest BCUT2D eigenvalue weighted by atomic mass is 9.84. The van der Waals surface area contributed by atoms with Crippen LogP contribution in [0, 0.1) is 0 Å². The fourth-order valence-corrected chi connectivity index (χ4v) is 3.49. The molecule has 0 saturated carbocycles. The number of benzene rings is 2. The lowest BCUT2D eigenvalue weighted by Crippen LogP contribution is -2.10. The zero-order chi connectivity index (χ0) is 18.9. The summed E-state index contributed by atoms with van der Waals surface area (Å²) in [6.07, 6.45) is 6.84. The van der Waals surface area contributed by atoms with Gasteiger partial charge in [-0.25, -0.2) is 0 Å². The molecule has 0 heteroatoms. The van der Waals surface area contributed by atoms with Crippen molar-refractivity contribution in [2.24, 2.45) is 0 Å². The maximum Gasteiger partial charge on any atom is -0.0132 e. The second-order valence-electron chi connectivity index (χ2n) is 9.54. The van der Waals surface area contributed by atoms with Crippen LogP contribution in [0.2, 0.25) is 0 Å². The van der Waals surface area contributed by atoms with E-state index in [9.17, 15) is 0 Å². The molecule has 0 nitrogen and oxygen atoms in total. The summed E-state index contributed by atoms with van der Waals surface area (Å²) in [6, 6.07) is 18.2. The molecule has 0 unspecified atom stereocenters. The fraction of sp³-hybridized carbons (Fsp3) is 0.385. The van der Waals surface area contributed by atoms with Crippen molar-refractivity contribution in [3.63, 3.8) is 0 Å². The minimum atomic E-state index is 0.214. The lowest BCUT2D eigenvalue weighted by Gasteiger charge is -2.21. The average molecular weight is 345 g/mol. The van der Waals surface area contributed by atoms with Crippen molar-refractivity contribution in [2.45, 2.75) is 65.2 Å². The molecular weight excluding hydrogens is 312 g/mol. The summed E-state index contributed by atoms with van der Waals surface area (Å²) in [5, 5.41) is 0. The SMILES string of the molecule is CC(C)(C)c1ccc(C2=CC=C(c3ccc(C(C)(C)C)cc3)CC2)cc1. The molecule has 0 heterocycles. The van der Waals surface area contributed by atoms with E-state index in [1.54, 1.807) is 0 Å². The summed E-state index contributed by atoms with van der Waals surface area (Å²) in [4.78, 5) is 0. The Morgan fingerprint density at radius 3 is 1.04 bits per heavy atom. The first-order chi connectivity index (χ1) is 12.1. The van der Waals surface area contributed by atoms with Gasteiger partial charge in [0.15, 0.2) is 0 Å². The third kappa shape index (κ3) is 4.18. The van der Waals surface area contributed by atoms with Crippen molar-refractivity contribution in [1.82, 2.24) is 0 Å². The Morgan fingerprint density at radius 2 is 0.808 bits per heavy atom. The van der Waals surface area contributed by atoms with Crippen LogP contribution >= 0.6 is 0 Å². The van der Waals surface area contributed by atoms with Crippen LogP contribution in [0.4, 0.5) is 0 Å². The predicted octanol–water partition coefficient (Wildman–Crippen LogP) is 7.54. The largest absolute Gasteiger partial charge is 0.0581 e. The Balaban J connectivity index is 1.79. The van der Waals surface area contributed by atoms with Gasteiger partial charge in [0.25, 0.3) is 0 Å². The quantitative estimate of drug-likeness (QED) is 0.528. The molecule has 136 valence electrons. The van der Waals surface area contributed by atoms with E-state index < -0.39 is 0 Å². The van der Waals surface area contributed by atoms with Crippen molar-refractivity contribution in [2.75, 3.05) is 0 Å². The minimum absolute atomic E-state index is 0.214. The van der Waals surface area contributed by atoms with Gasteiger partial charge in [0, 0.05) is 0 Å². The first kappa shape index (κ1) is 18.7. The highest BCUT2D eigenvalue weighted by atomic mass is 14.2. The fourth-order valence-electron chi connectivity index (χ4n) is 3.49. The van der Waals surface area contributed by atoms with E-state index in [0.717, 1.165) is 12.8 Å². The summed E-state index contributed by atoms with van der Waals surface area (Å²) in [7, 11) is 0. The molecule has 3 rings (SSSR count). The Morgan fingerprint density at radius 1 is 0.500 bits per heavy atom. The first-order valence-electron chi connectivity index (χ1n) is 9.76. The van der Waals surface area contributed by atoms with Crippen molar-refractivity contribution in [3.05, 3.63) is 82.9 Å². The number of hydrogen-bond acceptors (Lipinski definition) is 0. The average Bonchev–Trinajstić information content (AvgIpc) is 2.61. The first-order valence-corrected chi connectivity index (χ1v) is 9.76. The van der Waals surface area contributed by atoms with Crippen LogP contribution in [-0.4, -0.2) is 0 Å². The third-order valence-corrected chi connectivity index (χ3v) is 5.39. The topological polar surface area (TPSA) is 0 Å². The van der Waals surface area contributed by atoms with Crippen molar-refractivity contribution in [1.29, 1.82) is 0 Å². The Bertz CT molecular complexity index is 740. The van der Waals surface area contributed by atoms with E-state index >= 15 is 0 Å². The van der Waals surface area contributed by atoms with E-state index in [2.05, 4.69) is 102 Å². The lowest BCUT2D eigenvalue weighted by molar-refractivity contribution is 0.590. The van der Waals surface area contributed by atoms with Gasteiger partial charge in [-0.2, -0.15) is 0 Å². The van der Waals surface area contributed by atoms with Crippen LogP contribution in [0.1, 0.15) is 76.6 Å². The Hall–Kier alpha value is -2.08. The van der Waals surface area contributed by atoms with Gasteiger partial charge in [-0.3, -0.25) is 0 Å². The van der Waals surface area contributed by atoms with Gasteiger partial charge in [-0.05, 0) is 57.1 Å². The van der Waals surface area contributed by atoms with Gasteiger partial charge in [-0.15, -0.1) is 0 Å². The highest BCUT2D eigenvalue weighted by Gasteiger charge is 2.16. The number of hydrogen-bond donors (Lipinski definition) is 0. The molecule has 1 aliphatic carbocycles. The molecular formula is C26H32. The van der Waals surface area contributed by atoms with Crippen molar-refractivity contribution in [3.8, 4) is 0 Å². The van der Waals surface area contributed by atoms with Crippen molar-refractivity contribution >= 4 is 11.1 Å². The molecule has 2 aromatic carbocycles. The molecule has 0 aromatic heterocycles. The van der Waals surface area contributed by atoms with E-state index in [0.29, 0.717) is 0 Å². The summed E-state index contributed by atoms with van der Waals surface area (Å²) in [5.41, 5.74) is 8.83. The molecule has 0 amide bonds. The van der Waals surface area contributed by atoms with Crippen LogP contribution < -0.4 is 0 Å². The van der Waals surface area contributed by atoms with Crippen molar-refractivity contribution < 1.29 is 0 Å². The molecule has 0 aliphatic heterocycles. The molecule has 0 atom stereocenters. The third-order valence-electron chi connectivity index (χ3n) is 5.39. The van der Waals surface area contributed by atoms with Crippen LogP contribution in [0.15, 0.2) is 60.7 Å². The molecule has 0 fully saturated rings. The smallest absolute Gasteiger partial charge is 0.0132 e. The van der Waals surface area contributed by atoms with Gasteiger partial charge in [0.2, 0.25) is 0 Å². The molecule has 0 saturated heterocycles. The summed E-state index contributed by atoms with van der Waals surface area (Å²) >= 11 is 0. The van der Waals surface area contributed by atoms with Crippen LogP contribution in [0.3, 0.4) is 0 Å². The highest BCUT2D eigenvalue weighted by Crippen LogP contribution is 2.33. The van der Waals surface area contributed by atoms with Gasteiger partial charge in [0.1, 0.15) is 0 Å². The molecule has 0 N–H and O–H groups in total. The Labute approximate surface area is 159 Å². The zero-order valence-corrected chi connectivity index (χ0v) is 17.2. The maximum atomic E-state index is 2.31. The minimum Gasteiger partial charge on any atom is -0.0581 e. The molecule has 0 spiro atoms. The summed E-state index contributed by atoms with van der Waals surface area (Å²) in [5.74, 6) is 0. The normalized spacial score (nSPS) is 15.5. The second kappa shape index (κ2) is 6.91. The Kier molecular flexibility index (Phi) is 4.97. The van der Waals surface area contributed by atoms with Crippen LogP contribution in [0.25, 0.3) is 11.1 Å². The van der Waals surface area contributed by atoms with E-state index in [1.165, 1.54) is 33.4 Å². The standard InChI is InChI=1S/C26H32/c1-25(2,3)23-15-11-21(12-16-23)19-7-9-20(10-8-19)22-13-17-24(18-14-22)26(4,5)6/h7,9,11-18H,8,10H2,1-6H3. The van der Waals surface area contributed by atoms with Gasteiger partial charge in [0.05, 0.1) is 0 Å². The summed E-state index contributed by atoms with van der Waals surface area (Å²) in [6.45, 7) is 13.6. The van der Waals surface area contributed by atoms with Gasteiger partial charge < -0.3 is 0 Å². The van der Waals surface area contributed by atoms with Gasteiger partial charge in [-0.1, -0.05) is 102 Å². The second-order valence-corrected chi connectivity index (χ2v) is 9.54. The molecule has 0 radical (unpaired) electrons. The summed E-state index contributed by atoms with van der Waals surface area (Å²) < 4.78 is 0. The highest BCUT2D eigenvalue weighted by molar-refractivity contribution is 5.78. The zero-order valence-electron chi connectivity index (χ0n) is 17.2. The van der Waals surface area contributed by atoms with Gasteiger partial charge >= 0.3 is 0 Å². The number of rotatable bonds is 2. The maximum absolute atomic E-state index is 2.31. The molecule has 26 heavy (non-hydrogen) atoms. The molecule has 2 aromatic rings. The van der Waals surface area contributed by atoms with E-state index in [4.69, 9.17) is 0 Å². The number of allylic oxidation sites excluding steroid dienone is 4. The van der Waals surface area contributed by atoms with Crippen LogP contribution in [-0.2, 0) is 10.8 Å². The monoisotopic (exact) mass is 344 g/mol. The van der Waals surface area contributed by atoms with E-state index in [-0.39, 0.29) is 10.8 Å². The predicted molar refractivity (Wildman–Crippen MR) is 115 cm³/mol. The van der Waals surface area contributed by atoms with E-state index in [1.807, 2.05) is 0 Å². The molecule has 1 aliphatic rings.